The molecule has 130 valence electrons. The van der Waals surface area contributed by atoms with Crippen molar-refractivity contribution in [1.82, 2.24) is 10.6 Å². The molecule has 2 rings (SSSR count). The smallest absolute Gasteiger partial charge is 0.223 e. The lowest BCUT2D eigenvalue weighted by atomic mass is 9.97. The molecule has 23 heavy (non-hydrogen) atoms. The molecule has 1 heterocycles. The second-order valence-corrected chi connectivity index (χ2v) is 6.07. The van der Waals surface area contributed by atoms with E-state index in [2.05, 4.69) is 10.6 Å². The van der Waals surface area contributed by atoms with Crippen molar-refractivity contribution in [2.45, 2.75) is 18.9 Å². The standard InChI is InChI=1S/C15H20Cl2N2O3.ClH/c16-12-2-1-3-13(14(12)17)22-9-11(20)8-19-15(21)10-4-6-18-7-5-10;/h1-3,10-11,18,20H,4-9H2,(H,19,21);1H. The summed E-state index contributed by atoms with van der Waals surface area (Å²) in [6.07, 6.45) is 0.855. The lowest BCUT2D eigenvalue weighted by Gasteiger charge is -2.22. The molecule has 0 aliphatic carbocycles. The van der Waals surface area contributed by atoms with E-state index in [0.717, 1.165) is 25.9 Å². The Labute approximate surface area is 152 Å². The van der Waals surface area contributed by atoms with Crippen molar-refractivity contribution < 1.29 is 14.6 Å². The lowest BCUT2D eigenvalue weighted by molar-refractivity contribution is -0.126. The average Bonchev–Trinajstić information content (AvgIpc) is 2.54. The number of benzene rings is 1. The first-order chi connectivity index (χ1) is 10.6. The van der Waals surface area contributed by atoms with Crippen molar-refractivity contribution in [3.05, 3.63) is 28.2 Å². The van der Waals surface area contributed by atoms with Crippen LogP contribution in [-0.2, 0) is 4.79 Å². The predicted octanol–water partition coefficient (Wildman–Crippen LogP) is 2.27. The molecule has 1 aromatic carbocycles. The number of amides is 1. The Balaban J connectivity index is 0.00000264. The van der Waals surface area contributed by atoms with Crippen LogP contribution in [0.3, 0.4) is 0 Å². The molecule has 1 aliphatic rings. The van der Waals surface area contributed by atoms with Crippen LogP contribution in [0.15, 0.2) is 18.2 Å². The number of rotatable bonds is 6. The summed E-state index contributed by atoms with van der Waals surface area (Å²) in [5, 5.41) is 16.6. The quantitative estimate of drug-likeness (QED) is 0.705. The van der Waals surface area contributed by atoms with Gasteiger partial charge in [0.15, 0.2) is 0 Å². The van der Waals surface area contributed by atoms with Gasteiger partial charge in [-0.2, -0.15) is 0 Å². The number of aliphatic hydroxyl groups excluding tert-OH is 1. The van der Waals surface area contributed by atoms with Crippen LogP contribution in [0, 0.1) is 5.92 Å². The fraction of sp³-hybridized carbons (Fsp3) is 0.533. The maximum Gasteiger partial charge on any atom is 0.223 e. The number of hydrogen-bond acceptors (Lipinski definition) is 4. The van der Waals surface area contributed by atoms with Crippen molar-refractivity contribution in [3.8, 4) is 5.75 Å². The summed E-state index contributed by atoms with van der Waals surface area (Å²) < 4.78 is 5.43. The van der Waals surface area contributed by atoms with Crippen LogP contribution in [-0.4, -0.2) is 43.4 Å². The highest BCUT2D eigenvalue weighted by molar-refractivity contribution is 6.42. The van der Waals surface area contributed by atoms with Gasteiger partial charge in [0.2, 0.25) is 5.91 Å². The third-order valence-corrected chi connectivity index (χ3v) is 4.37. The lowest BCUT2D eigenvalue weighted by Crippen LogP contribution is -2.42. The van der Waals surface area contributed by atoms with Crippen molar-refractivity contribution in [2.75, 3.05) is 26.2 Å². The molecular weight excluding hydrogens is 363 g/mol. The van der Waals surface area contributed by atoms with Crippen molar-refractivity contribution in [3.63, 3.8) is 0 Å². The molecule has 0 bridgehead atoms. The maximum absolute atomic E-state index is 11.9. The van der Waals surface area contributed by atoms with Crippen LogP contribution in [0.1, 0.15) is 12.8 Å². The SMILES string of the molecule is Cl.O=C(NCC(O)COc1cccc(Cl)c1Cl)C1CCNCC1. The van der Waals surface area contributed by atoms with Gasteiger partial charge in [-0.15, -0.1) is 12.4 Å². The third kappa shape index (κ3) is 6.36. The summed E-state index contributed by atoms with van der Waals surface area (Å²) in [5.74, 6) is 0.427. The van der Waals surface area contributed by atoms with E-state index in [9.17, 15) is 9.90 Å². The number of halogens is 3. The van der Waals surface area contributed by atoms with E-state index in [1.807, 2.05) is 0 Å². The predicted molar refractivity (Wildman–Crippen MR) is 93.8 cm³/mol. The highest BCUT2D eigenvalue weighted by Crippen LogP contribution is 2.31. The van der Waals surface area contributed by atoms with Gasteiger partial charge in [0.25, 0.3) is 0 Å². The van der Waals surface area contributed by atoms with Crippen molar-refractivity contribution in [2.24, 2.45) is 5.92 Å². The van der Waals surface area contributed by atoms with E-state index in [-0.39, 0.29) is 37.4 Å². The minimum absolute atomic E-state index is 0. The minimum Gasteiger partial charge on any atom is -0.489 e. The Morgan fingerprint density at radius 2 is 2.09 bits per heavy atom. The van der Waals surface area contributed by atoms with Crippen LogP contribution in [0.2, 0.25) is 10.0 Å². The maximum atomic E-state index is 11.9. The molecule has 1 aliphatic heterocycles. The Morgan fingerprint density at radius 1 is 1.39 bits per heavy atom. The van der Waals surface area contributed by atoms with E-state index in [0.29, 0.717) is 15.8 Å². The second-order valence-electron chi connectivity index (χ2n) is 5.29. The molecule has 3 N–H and O–H groups in total. The molecule has 1 aromatic rings. The number of ether oxygens (including phenoxy) is 1. The summed E-state index contributed by atoms with van der Waals surface area (Å²) in [4.78, 5) is 11.9. The van der Waals surface area contributed by atoms with Gasteiger partial charge in [-0.3, -0.25) is 4.79 Å². The summed E-state index contributed by atoms with van der Waals surface area (Å²) in [6.45, 7) is 1.90. The van der Waals surface area contributed by atoms with Crippen LogP contribution in [0.25, 0.3) is 0 Å². The molecule has 1 amide bonds. The van der Waals surface area contributed by atoms with Gasteiger partial charge in [-0.1, -0.05) is 29.3 Å². The van der Waals surface area contributed by atoms with Crippen LogP contribution in [0.4, 0.5) is 0 Å². The van der Waals surface area contributed by atoms with Gasteiger partial charge in [0, 0.05) is 12.5 Å². The zero-order valence-electron chi connectivity index (χ0n) is 12.6. The summed E-state index contributed by atoms with van der Waals surface area (Å²) in [5.41, 5.74) is 0. The van der Waals surface area contributed by atoms with Gasteiger partial charge < -0.3 is 20.5 Å². The van der Waals surface area contributed by atoms with Gasteiger partial charge in [0.05, 0.1) is 5.02 Å². The molecule has 1 unspecified atom stereocenters. The summed E-state index contributed by atoms with van der Waals surface area (Å²) in [7, 11) is 0. The monoisotopic (exact) mass is 382 g/mol. The average molecular weight is 384 g/mol. The summed E-state index contributed by atoms with van der Waals surface area (Å²) in [6, 6.07) is 5.05. The van der Waals surface area contributed by atoms with Crippen molar-refractivity contribution in [1.29, 1.82) is 0 Å². The van der Waals surface area contributed by atoms with Crippen LogP contribution < -0.4 is 15.4 Å². The van der Waals surface area contributed by atoms with Gasteiger partial charge in [-0.25, -0.2) is 0 Å². The van der Waals surface area contributed by atoms with Crippen molar-refractivity contribution >= 4 is 41.5 Å². The molecule has 5 nitrogen and oxygen atoms in total. The number of carbonyl (C=O) groups is 1. The van der Waals surface area contributed by atoms with E-state index in [1.54, 1.807) is 18.2 Å². The number of hydrogen-bond donors (Lipinski definition) is 3. The topological polar surface area (TPSA) is 70.6 Å². The highest BCUT2D eigenvalue weighted by atomic mass is 35.5. The molecule has 1 saturated heterocycles. The van der Waals surface area contributed by atoms with Crippen LogP contribution in [0.5, 0.6) is 5.75 Å². The first kappa shape index (κ1) is 20.3. The fourth-order valence-corrected chi connectivity index (χ4v) is 2.63. The number of aliphatic hydroxyl groups is 1. The zero-order chi connectivity index (χ0) is 15.9. The molecule has 1 atom stereocenters. The third-order valence-electron chi connectivity index (χ3n) is 3.57. The molecule has 1 fully saturated rings. The molecule has 8 heteroatoms. The molecule has 0 saturated carbocycles. The molecule has 0 aromatic heterocycles. The minimum atomic E-state index is -0.805. The van der Waals surface area contributed by atoms with E-state index in [1.165, 1.54) is 0 Å². The van der Waals surface area contributed by atoms with Crippen LogP contribution >= 0.6 is 35.6 Å². The molecule has 0 spiro atoms. The van der Waals surface area contributed by atoms with Gasteiger partial charge in [-0.05, 0) is 38.1 Å². The van der Waals surface area contributed by atoms with E-state index >= 15 is 0 Å². The highest BCUT2D eigenvalue weighted by Gasteiger charge is 2.21. The second kappa shape index (κ2) is 10.2. The zero-order valence-corrected chi connectivity index (χ0v) is 14.9. The number of nitrogens with one attached hydrogen (secondary N) is 2. The Bertz CT molecular complexity index is 511. The first-order valence-corrected chi connectivity index (χ1v) is 8.07. The Morgan fingerprint density at radius 3 is 2.78 bits per heavy atom. The first-order valence-electron chi connectivity index (χ1n) is 7.31. The fourth-order valence-electron chi connectivity index (χ4n) is 2.29. The number of carbonyl (C=O) groups excluding carboxylic acids is 1. The molecular formula is C15H21Cl3N2O3. The molecule has 0 radical (unpaired) electrons. The van der Waals surface area contributed by atoms with E-state index in [4.69, 9.17) is 27.9 Å². The van der Waals surface area contributed by atoms with Gasteiger partial charge >= 0.3 is 0 Å². The largest absolute Gasteiger partial charge is 0.489 e. The Hall–Kier alpha value is -0.720. The van der Waals surface area contributed by atoms with E-state index < -0.39 is 6.10 Å². The normalized spacial score (nSPS) is 16.3. The van der Waals surface area contributed by atoms with Gasteiger partial charge in [0.1, 0.15) is 23.5 Å². The number of piperidine rings is 1. The summed E-state index contributed by atoms with van der Waals surface area (Å²) >= 11 is 11.9. The Kier molecular flexibility index (Phi) is 9.02.